The Labute approximate surface area is 171 Å². The van der Waals surface area contributed by atoms with Crippen molar-refractivity contribution in [2.45, 2.75) is 6.61 Å². The molecule has 3 rings (SSSR count). The molecule has 30 heavy (non-hydrogen) atoms. The Morgan fingerprint density at radius 3 is 2.63 bits per heavy atom. The third-order valence-electron chi connectivity index (χ3n) is 4.26. The minimum absolute atomic E-state index is 0.0133. The summed E-state index contributed by atoms with van der Waals surface area (Å²) in [5, 5.41) is 2.42. The van der Waals surface area contributed by atoms with Crippen molar-refractivity contribution >= 4 is 24.0 Å². The molecular weight excluding hydrogens is 395 g/mol. The van der Waals surface area contributed by atoms with Gasteiger partial charge in [0.2, 0.25) is 0 Å². The number of halogens is 1. The second-order valence-corrected chi connectivity index (χ2v) is 6.28. The van der Waals surface area contributed by atoms with Gasteiger partial charge < -0.3 is 19.5 Å². The van der Waals surface area contributed by atoms with Gasteiger partial charge in [-0.15, -0.1) is 0 Å². The lowest BCUT2D eigenvalue weighted by molar-refractivity contribution is -0.143. The van der Waals surface area contributed by atoms with Crippen molar-refractivity contribution in [1.29, 1.82) is 0 Å². The van der Waals surface area contributed by atoms with Crippen molar-refractivity contribution in [3.8, 4) is 11.5 Å². The minimum Gasteiger partial charge on any atom is -0.493 e. The Balaban J connectivity index is 1.75. The Kier molecular flexibility index (Phi) is 6.31. The average molecular weight is 414 g/mol. The van der Waals surface area contributed by atoms with Crippen LogP contribution in [0.2, 0.25) is 0 Å². The molecule has 1 aliphatic heterocycles. The number of hydrogen-bond acceptors (Lipinski definition) is 6. The highest BCUT2D eigenvalue weighted by atomic mass is 19.1. The van der Waals surface area contributed by atoms with Crippen LogP contribution < -0.4 is 14.8 Å². The van der Waals surface area contributed by atoms with Gasteiger partial charge in [-0.2, -0.15) is 0 Å². The number of amides is 3. The van der Waals surface area contributed by atoms with Crippen LogP contribution in [-0.2, 0) is 20.9 Å². The third kappa shape index (κ3) is 4.75. The fraction of sp³-hybridized carbons (Fsp3) is 0.190. The fourth-order valence-corrected chi connectivity index (χ4v) is 2.76. The van der Waals surface area contributed by atoms with Crippen molar-refractivity contribution < 1.29 is 33.0 Å². The van der Waals surface area contributed by atoms with E-state index in [2.05, 4.69) is 10.1 Å². The predicted octanol–water partition coefficient (Wildman–Crippen LogP) is 2.48. The van der Waals surface area contributed by atoms with E-state index in [0.29, 0.717) is 22.6 Å². The highest BCUT2D eigenvalue weighted by molar-refractivity contribution is 6.15. The number of nitrogens with one attached hydrogen (secondary N) is 1. The quantitative estimate of drug-likeness (QED) is 0.425. The summed E-state index contributed by atoms with van der Waals surface area (Å²) in [6, 6.07) is 10.3. The molecule has 1 fully saturated rings. The van der Waals surface area contributed by atoms with E-state index >= 15 is 0 Å². The zero-order chi connectivity index (χ0) is 21.7. The van der Waals surface area contributed by atoms with Crippen LogP contribution in [0.4, 0.5) is 9.18 Å². The monoisotopic (exact) mass is 414 g/mol. The Morgan fingerprint density at radius 1 is 1.13 bits per heavy atom. The molecule has 0 bridgehead atoms. The van der Waals surface area contributed by atoms with E-state index in [4.69, 9.17) is 9.47 Å². The summed E-state index contributed by atoms with van der Waals surface area (Å²) in [5.74, 6) is -0.881. The molecule has 9 heteroatoms. The van der Waals surface area contributed by atoms with Crippen molar-refractivity contribution in [3.05, 3.63) is 65.1 Å². The van der Waals surface area contributed by atoms with Gasteiger partial charge in [0.25, 0.3) is 5.91 Å². The van der Waals surface area contributed by atoms with Crippen molar-refractivity contribution in [3.63, 3.8) is 0 Å². The molecule has 3 amide bonds. The predicted molar refractivity (Wildman–Crippen MR) is 104 cm³/mol. The molecule has 0 aliphatic carbocycles. The number of rotatable bonds is 7. The number of carbonyl (C=O) groups excluding carboxylic acids is 3. The van der Waals surface area contributed by atoms with E-state index in [0.717, 1.165) is 4.90 Å². The first-order valence-corrected chi connectivity index (χ1v) is 8.88. The molecule has 0 saturated carbocycles. The molecule has 8 nitrogen and oxygen atoms in total. The molecule has 156 valence electrons. The average Bonchev–Trinajstić information content (AvgIpc) is 2.99. The third-order valence-corrected chi connectivity index (χ3v) is 4.26. The zero-order valence-electron chi connectivity index (χ0n) is 16.3. The highest BCUT2D eigenvalue weighted by Gasteiger charge is 2.35. The molecule has 2 aromatic rings. The molecule has 0 aromatic heterocycles. The number of imide groups is 1. The molecule has 0 atom stereocenters. The molecule has 0 spiro atoms. The van der Waals surface area contributed by atoms with Crippen LogP contribution in [0, 0.1) is 5.82 Å². The lowest BCUT2D eigenvalue weighted by Gasteiger charge is -2.12. The number of esters is 1. The first kappa shape index (κ1) is 20.8. The SMILES string of the molecule is COC(=O)CN1C(=O)N/C(=C/c2ccc(OCc3cccc(F)c3)c(OC)c2)C1=O. The van der Waals surface area contributed by atoms with Gasteiger partial charge in [0.1, 0.15) is 24.7 Å². The minimum atomic E-state index is -0.710. The van der Waals surface area contributed by atoms with Crippen molar-refractivity contribution in [2.75, 3.05) is 20.8 Å². The largest absolute Gasteiger partial charge is 0.493 e. The Morgan fingerprint density at radius 2 is 1.93 bits per heavy atom. The molecule has 0 unspecified atom stereocenters. The van der Waals surface area contributed by atoms with Crippen molar-refractivity contribution in [2.24, 2.45) is 0 Å². The summed E-state index contributed by atoms with van der Waals surface area (Å²) >= 11 is 0. The van der Waals surface area contributed by atoms with Crippen LogP contribution in [0.5, 0.6) is 11.5 Å². The molecule has 1 aliphatic rings. The summed E-state index contributed by atoms with van der Waals surface area (Å²) in [5.41, 5.74) is 1.24. The van der Waals surface area contributed by atoms with Gasteiger partial charge in [-0.3, -0.25) is 9.59 Å². The highest BCUT2D eigenvalue weighted by Crippen LogP contribution is 2.30. The molecular formula is C21H19FN2O6. The normalized spacial score (nSPS) is 14.6. The van der Waals surface area contributed by atoms with Gasteiger partial charge in [0, 0.05) is 0 Å². The molecule has 0 radical (unpaired) electrons. The van der Waals surface area contributed by atoms with E-state index in [9.17, 15) is 18.8 Å². The standard InChI is InChI=1S/C21H19FN2O6/c1-28-18-10-13(6-7-17(18)30-12-14-4-3-5-15(22)8-14)9-16-20(26)24(21(27)23-16)11-19(25)29-2/h3-10H,11-12H2,1-2H3,(H,23,27)/b16-9+. The number of carbonyl (C=O) groups is 3. The number of methoxy groups -OCH3 is 2. The maximum Gasteiger partial charge on any atom is 0.329 e. The van der Waals surface area contributed by atoms with Crippen LogP contribution in [0.25, 0.3) is 6.08 Å². The summed E-state index contributed by atoms with van der Waals surface area (Å²) in [6.45, 7) is -0.333. The van der Waals surface area contributed by atoms with Gasteiger partial charge in [-0.1, -0.05) is 18.2 Å². The van der Waals surface area contributed by atoms with Gasteiger partial charge in [0.15, 0.2) is 11.5 Å². The maximum atomic E-state index is 13.3. The van der Waals surface area contributed by atoms with Crippen LogP contribution >= 0.6 is 0 Å². The van der Waals surface area contributed by atoms with Gasteiger partial charge in [-0.25, -0.2) is 14.1 Å². The Bertz CT molecular complexity index is 1020. The Hall–Kier alpha value is -3.88. The first-order chi connectivity index (χ1) is 14.4. The van der Waals surface area contributed by atoms with Crippen LogP contribution in [0.15, 0.2) is 48.2 Å². The maximum absolute atomic E-state index is 13.3. The summed E-state index contributed by atoms with van der Waals surface area (Å²) in [6.07, 6.45) is 1.45. The lowest BCUT2D eigenvalue weighted by atomic mass is 10.1. The van der Waals surface area contributed by atoms with E-state index in [1.807, 2.05) is 0 Å². The number of benzene rings is 2. The summed E-state index contributed by atoms with van der Waals surface area (Å²) in [7, 11) is 2.63. The summed E-state index contributed by atoms with van der Waals surface area (Å²) in [4.78, 5) is 36.4. The zero-order valence-corrected chi connectivity index (χ0v) is 16.3. The van der Waals surface area contributed by atoms with E-state index in [1.165, 1.54) is 32.4 Å². The fourth-order valence-electron chi connectivity index (χ4n) is 2.76. The van der Waals surface area contributed by atoms with Crippen LogP contribution in [-0.4, -0.2) is 43.6 Å². The van der Waals surface area contributed by atoms with E-state index in [1.54, 1.807) is 30.3 Å². The molecule has 1 heterocycles. The van der Waals surface area contributed by atoms with Gasteiger partial charge in [0.05, 0.1) is 14.2 Å². The summed E-state index contributed by atoms with van der Waals surface area (Å²) < 4.78 is 28.8. The van der Waals surface area contributed by atoms with E-state index < -0.39 is 24.5 Å². The van der Waals surface area contributed by atoms with Gasteiger partial charge in [-0.05, 0) is 41.5 Å². The van der Waals surface area contributed by atoms with Gasteiger partial charge >= 0.3 is 12.0 Å². The molecule has 2 aromatic carbocycles. The van der Waals surface area contributed by atoms with E-state index in [-0.39, 0.29) is 18.1 Å². The first-order valence-electron chi connectivity index (χ1n) is 8.88. The van der Waals surface area contributed by atoms with Crippen LogP contribution in [0.1, 0.15) is 11.1 Å². The smallest absolute Gasteiger partial charge is 0.329 e. The topological polar surface area (TPSA) is 94.2 Å². The number of nitrogens with zero attached hydrogens (tertiary/aromatic N) is 1. The number of hydrogen-bond donors (Lipinski definition) is 1. The molecule has 1 N–H and O–H groups in total. The van der Waals surface area contributed by atoms with Crippen molar-refractivity contribution in [1.82, 2.24) is 10.2 Å². The second-order valence-electron chi connectivity index (χ2n) is 6.28. The van der Waals surface area contributed by atoms with Crippen LogP contribution in [0.3, 0.4) is 0 Å². The second kappa shape index (κ2) is 9.08. The number of ether oxygens (including phenoxy) is 3. The number of urea groups is 1. The lowest BCUT2D eigenvalue weighted by Crippen LogP contribution is -2.36. The molecule has 1 saturated heterocycles.